The molecule has 0 spiro atoms. The molecule has 0 bridgehead atoms. The van der Waals surface area contributed by atoms with Crippen molar-refractivity contribution in [2.24, 2.45) is 0 Å². The van der Waals surface area contributed by atoms with Crippen LogP contribution in [0.4, 0.5) is 0 Å². The number of esters is 2. The number of halogens is 1. The molecule has 1 N–H and O–H groups in total. The number of ether oxygens (including phenoxy) is 2. The number of nitrogens with zero attached hydrogens (tertiary/aromatic N) is 1. The Hall–Kier alpha value is -0.850. The fourth-order valence-corrected chi connectivity index (χ4v) is 6.70. The Labute approximate surface area is 318 Å². The van der Waals surface area contributed by atoms with Crippen LogP contribution in [0.5, 0.6) is 0 Å². The van der Waals surface area contributed by atoms with E-state index in [0.29, 0.717) is 10.9 Å². The maximum Gasteiger partial charge on any atom is 0.361 e. The Morgan fingerprint density at radius 2 is 0.740 bits per heavy atom. The zero-order chi connectivity index (χ0) is 36.1. The molecule has 1 atom stereocenters. The lowest BCUT2D eigenvalue weighted by molar-refractivity contribution is -0.883. The maximum atomic E-state index is 12.4. The van der Waals surface area contributed by atoms with Gasteiger partial charge in [0.05, 0.1) is 20.6 Å². The highest BCUT2D eigenvalue weighted by Gasteiger charge is 2.22. The minimum atomic E-state index is -0.982. The normalized spacial score (nSPS) is 12.1. The van der Waals surface area contributed by atoms with Crippen molar-refractivity contribution in [3.8, 4) is 0 Å². The largest absolute Gasteiger partial charge is 1.00 e. The predicted molar refractivity (Wildman–Crippen MR) is 209 cm³/mol. The van der Waals surface area contributed by atoms with Crippen molar-refractivity contribution in [3.05, 3.63) is 0 Å². The average molecular weight is 733 g/mol. The molecule has 0 saturated heterocycles. The molecule has 6 nitrogen and oxygen atoms in total. The highest BCUT2D eigenvalue weighted by Crippen LogP contribution is 2.16. The van der Waals surface area contributed by atoms with Crippen LogP contribution in [0.2, 0.25) is 0 Å². The minimum Gasteiger partial charge on any atom is -1.00 e. The van der Waals surface area contributed by atoms with Gasteiger partial charge in [0, 0.05) is 6.42 Å². The molecule has 0 saturated carbocycles. The number of rotatable bonds is 39. The Bertz CT molecular complexity index is 719. The molecule has 0 fully saturated rings. The van der Waals surface area contributed by atoms with Crippen molar-refractivity contribution in [2.45, 2.75) is 225 Å². The summed E-state index contributed by atoms with van der Waals surface area (Å²) in [6, 6.07) is 0. The molecule has 0 aliphatic carbocycles. The van der Waals surface area contributed by atoms with Crippen molar-refractivity contribution in [1.82, 2.24) is 0 Å². The van der Waals surface area contributed by atoms with E-state index >= 15 is 0 Å². The molecule has 0 amide bonds. The number of likely N-dealkylation sites (N-methyl/N-ethyl adjacent to an activating group) is 1. The number of hydrogen-bond acceptors (Lipinski definition) is 5. The highest BCUT2D eigenvalue weighted by atomic mass is 35.5. The van der Waals surface area contributed by atoms with Crippen LogP contribution >= 0.6 is 0 Å². The van der Waals surface area contributed by atoms with Crippen molar-refractivity contribution in [1.29, 1.82) is 0 Å². The van der Waals surface area contributed by atoms with Crippen LogP contribution in [0.25, 0.3) is 0 Å². The lowest BCUT2D eigenvalue weighted by atomic mass is 10.0. The van der Waals surface area contributed by atoms with Crippen LogP contribution < -0.4 is 12.4 Å². The fourth-order valence-electron chi connectivity index (χ4n) is 6.70. The first-order chi connectivity index (χ1) is 23.8. The molecule has 0 aliphatic heterocycles. The van der Waals surface area contributed by atoms with Crippen LogP contribution in [0, 0.1) is 0 Å². The summed E-state index contributed by atoms with van der Waals surface area (Å²) in [5.41, 5.74) is 0. The molecule has 0 heterocycles. The Morgan fingerprint density at radius 1 is 0.460 bits per heavy atom. The number of hydrogen-bond donors (Lipinski definition) is 1. The number of unbranched alkanes of at least 4 members (excludes halogenated alkanes) is 29. The van der Waals surface area contributed by atoms with Gasteiger partial charge >= 0.3 is 11.9 Å². The van der Waals surface area contributed by atoms with Gasteiger partial charge < -0.3 is 31.5 Å². The van der Waals surface area contributed by atoms with Gasteiger partial charge in [-0.25, -0.2) is 4.79 Å². The third-order valence-electron chi connectivity index (χ3n) is 10.0. The summed E-state index contributed by atoms with van der Waals surface area (Å²) in [6.07, 6.45) is 40.5. The minimum absolute atomic E-state index is 0. The topological polar surface area (TPSA) is 72.8 Å². The van der Waals surface area contributed by atoms with E-state index in [4.69, 9.17) is 9.47 Å². The predicted octanol–water partition coefficient (Wildman–Crippen LogP) is 9.04. The first-order valence-electron chi connectivity index (χ1n) is 21.6. The van der Waals surface area contributed by atoms with Gasteiger partial charge in [0.25, 0.3) is 0 Å². The maximum absolute atomic E-state index is 12.4. The summed E-state index contributed by atoms with van der Waals surface area (Å²) in [4.78, 5) is 24.4. The summed E-state index contributed by atoms with van der Waals surface area (Å²) >= 11 is 0. The lowest BCUT2D eigenvalue weighted by Crippen LogP contribution is -3.00. The van der Waals surface area contributed by atoms with E-state index in [9.17, 15) is 14.7 Å². The molecule has 0 radical (unpaired) electrons. The highest BCUT2D eigenvalue weighted by molar-refractivity contribution is 5.70. The number of carbonyl (C=O) groups excluding carboxylic acids is 2. The standard InChI is InChI=1S/C43H86NO5.ClH/c1-5-7-9-11-13-15-17-19-21-23-25-27-29-31-33-35-37-44(3,4)38-43(47)49-40-41(45)39-48-42(46)36-34-32-30-28-26-24-22-20-18-16-14-12-10-8-6-2;/h41,45H,5-40H2,1-4H3;1H/q+1;/p-1. The summed E-state index contributed by atoms with van der Waals surface area (Å²) in [5, 5.41) is 10.1. The number of quaternary nitrogens is 1. The van der Waals surface area contributed by atoms with Gasteiger partial charge in [0.15, 0.2) is 6.54 Å². The van der Waals surface area contributed by atoms with E-state index in [1.54, 1.807) is 0 Å². The second-order valence-corrected chi connectivity index (χ2v) is 15.8. The van der Waals surface area contributed by atoms with E-state index in [1.807, 2.05) is 0 Å². The lowest BCUT2D eigenvalue weighted by Gasteiger charge is -2.28. The van der Waals surface area contributed by atoms with Gasteiger partial charge in [-0.2, -0.15) is 0 Å². The summed E-state index contributed by atoms with van der Waals surface area (Å²) in [7, 11) is 4.12. The van der Waals surface area contributed by atoms with Crippen molar-refractivity contribution >= 4 is 11.9 Å². The van der Waals surface area contributed by atoms with Gasteiger partial charge in [-0.1, -0.05) is 194 Å². The number of aliphatic hydroxyl groups excluding tert-OH is 1. The molecule has 7 heteroatoms. The molecule has 300 valence electrons. The SMILES string of the molecule is CCCCCCCCCCCCCCCCCC[N+](C)(C)CC(=O)OCC(O)COC(=O)CCCCCCCCCCCCCCCCC.[Cl-]. The second kappa shape index (κ2) is 39.4. The summed E-state index contributed by atoms with van der Waals surface area (Å²) in [6.45, 7) is 5.51. The molecule has 0 aliphatic rings. The van der Waals surface area contributed by atoms with E-state index in [1.165, 1.54) is 173 Å². The number of aliphatic hydroxyl groups is 1. The van der Waals surface area contributed by atoms with Gasteiger partial charge in [-0.3, -0.25) is 4.79 Å². The molecule has 0 rings (SSSR count). The smallest absolute Gasteiger partial charge is 0.361 e. The first kappa shape index (κ1) is 51.3. The van der Waals surface area contributed by atoms with Gasteiger partial charge in [-0.15, -0.1) is 0 Å². The van der Waals surface area contributed by atoms with Crippen molar-refractivity contribution in [2.75, 3.05) is 40.4 Å². The molecular weight excluding hydrogens is 646 g/mol. The quantitative estimate of drug-likeness (QED) is 0.0388. The Kier molecular flexibility index (Phi) is 40.3. The number of carbonyl (C=O) groups is 2. The van der Waals surface area contributed by atoms with Crippen LogP contribution in [0.3, 0.4) is 0 Å². The van der Waals surface area contributed by atoms with Gasteiger partial charge in [-0.05, 0) is 19.3 Å². The average Bonchev–Trinajstić information content (AvgIpc) is 3.07. The Balaban J connectivity index is 0. The second-order valence-electron chi connectivity index (χ2n) is 15.8. The molecule has 50 heavy (non-hydrogen) atoms. The van der Waals surface area contributed by atoms with Crippen LogP contribution in [-0.2, 0) is 19.1 Å². The third-order valence-corrected chi connectivity index (χ3v) is 10.0. The molecular formula is C43H86ClNO5. The molecule has 1 unspecified atom stereocenters. The molecule has 0 aromatic rings. The molecule has 0 aromatic heterocycles. The molecule has 0 aromatic carbocycles. The summed E-state index contributed by atoms with van der Waals surface area (Å²) in [5.74, 6) is -0.596. The third kappa shape index (κ3) is 39.9. The zero-order valence-corrected chi connectivity index (χ0v) is 34.7. The van der Waals surface area contributed by atoms with Gasteiger partial charge in [0.1, 0.15) is 19.3 Å². The van der Waals surface area contributed by atoms with E-state index in [-0.39, 0.29) is 44.1 Å². The van der Waals surface area contributed by atoms with Crippen LogP contribution in [0.1, 0.15) is 219 Å². The van der Waals surface area contributed by atoms with Crippen LogP contribution in [0.15, 0.2) is 0 Å². The first-order valence-corrected chi connectivity index (χ1v) is 21.6. The van der Waals surface area contributed by atoms with E-state index in [2.05, 4.69) is 27.9 Å². The zero-order valence-electron chi connectivity index (χ0n) is 33.9. The fraction of sp³-hybridized carbons (Fsp3) is 0.953. The monoisotopic (exact) mass is 732 g/mol. The summed E-state index contributed by atoms with van der Waals surface area (Å²) < 4.78 is 11.1. The van der Waals surface area contributed by atoms with Gasteiger partial charge in [0.2, 0.25) is 0 Å². The Morgan fingerprint density at radius 3 is 1.08 bits per heavy atom. The van der Waals surface area contributed by atoms with Crippen molar-refractivity contribution < 1.29 is 41.1 Å². The van der Waals surface area contributed by atoms with Crippen LogP contribution in [-0.4, -0.2) is 68.0 Å². The van der Waals surface area contributed by atoms with E-state index < -0.39 is 6.10 Å². The van der Waals surface area contributed by atoms with Crippen molar-refractivity contribution in [3.63, 3.8) is 0 Å². The van der Waals surface area contributed by atoms with E-state index in [0.717, 1.165) is 32.2 Å².